The average Bonchev–Trinajstić information content (AvgIpc) is 2.67. The molecule has 1 N–H and O–H groups in total. The smallest absolute Gasteiger partial charge is 0.268 e. The molecule has 1 unspecified atom stereocenters. The van der Waals surface area contributed by atoms with E-state index in [0.29, 0.717) is 5.92 Å². The van der Waals surface area contributed by atoms with E-state index in [4.69, 9.17) is 0 Å². The third kappa shape index (κ3) is 3.61. The maximum Gasteiger partial charge on any atom is 0.268 e. The molecule has 18 heavy (non-hydrogen) atoms. The SMILES string of the molecule is CCC(NC(=O)c1cc(Br)cn1C(C)C)C(C)C. The Morgan fingerprint density at radius 2 is 2.00 bits per heavy atom. The van der Waals surface area contributed by atoms with Gasteiger partial charge in [0.25, 0.3) is 5.91 Å². The van der Waals surface area contributed by atoms with Crippen LogP contribution in [0.5, 0.6) is 0 Å². The standard InChI is InChI=1S/C14H23BrN2O/c1-6-12(9(2)3)16-14(18)13-7-11(15)8-17(13)10(4)5/h7-10,12H,6H2,1-5H3,(H,16,18). The molecule has 0 radical (unpaired) electrons. The van der Waals surface area contributed by atoms with E-state index in [1.807, 2.05) is 16.8 Å². The van der Waals surface area contributed by atoms with Gasteiger partial charge in [-0.1, -0.05) is 20.8 Å². The first-order valence-electron chi connectivity index (χ1n) is 6.55. The van der Waals surface area contributed by atoms with Crippen LogP contribution in [-0.2, 0) is 0 Å². The van der Waals surface area contributed by atoms with E-state index < -0.39 is 0 Å². The fraction of sp³-hybridized carbons (Fsp3) is 0.643. The third-order valence-electron chi connectivity index (χ3n) is 3.17. The first-order chi connectivity index (χ1) is 8.36. The molecule has 0 aliphatic heterocycles. The normalized spacial score (nSPS) is 13.1. The van der Waals surface area contributed by atoms with Crippen LogP contribution in [0.2, 0.25) is 0 Å². The largest absolute Gasteiger partial charge is 0.348 e. The van der Waals surface area contributed by atoms with Crippen molar-refractivity contribution < 1.29 is 4.79 Å². The van der Waals surface area contributed by atoms with Crippen molar-refractivity contribution in [2.45, 2.75) is 53.1 Å². The van der Waals surface area contributed by atoms with Gasteiger partial charge >= 0.3 is 0 Å². The molecule has 1 aromatic heterocycles. The van der Waals surface area contributed by atoms with Crippen molar-refractivity contribution in [3.05, 3.63) is 22.4 Å². The van der Waals surface area contributed by atoms with Gasteiger partial charge in [0, 0.05) is 22.8 Å². The zero-order chi connectivity index (χ0) is 13.9. The molecule has 0 bridgehead atoms. The van der Waals surface area contributed by atoms with Gasteiger partial charge in [-0.05, 0) is 48.2 Å². The topological polar surface area (TPSA) is 34.0 Å². The van der Waals surface area contributed by atoms with Crippen molar-refractivity contribution >= 4 is 21.8 Å². The quantitative estimate of drug-likeness (QED) is 0.875. The average molecular weight is 315 g/mol. The van der Waals surface area contributed by atoms with E-state index in [0.717, 1.165) is 16.6 Å². The second-order valence-corrected chi connectivity index (χ2v) is 6.19. The van der Waals surface area contributed by atoms with Gasteiger partial charge in [0.05, 0.1) is 0 Å². The fourth-order valence-electron chi connectivity index (χ4n) is 2.04. The minimum Gasteiger partial charge on any atom is -0.348 e. The Balaban J connectivity index is 2.90. The molecule has 0 aliphatic rings. The van der Waals surface area contributed by atoms with E-state index in [2.05, 4.69) is 55.9 Å². The molecular formula is C14H23BrN2O. The van der Waals surface area contributed by atoms with Gasteiger partial charge in [0.2, 0.25) is 0 Å². The highest BCUT2D eigenvalue weighted by Gasteiger charge is 2.19. The highest BCUT2D eigenvalue weighted by Crippen LogP contribution is 2.20. The summed E-state index contributed by atoms with van der Waals surface area (Å²) in [6.45, 7) is 10.5. The summed E-state index contributed by atoms with van der Waals surface area (Å²) in [5, 5.41) is 3.11. The molecule has 3 nitrogen and oxygen atoms in total. The summed E-state index contributed by atoms with van der Waals surface area (Å²) in [6, 6.07) is 2.38. The number of hydrogen-bond donors (Lipinski definition) is 1. The number of carbonyl (C=O) groups is 1. The van der Waals surface area contributed by atoms with Crippen LogP contribution in [0.25, 0.3) is 0 Å². The Morgan fingerprint density at radius 3 is 2.44 bits per heavy atom. The molecule has 1 amide bonds. The predicted molar refractivity (Wildman–Crippen MR) is 78.9 cm³/mol. The number of carbonyl (C=O) groups excluding carboxylic acids is 1. The summed E-state index contributed by atoms with van der Waals surface area (Å²) in [5.41, 5.74) is 0.718. The van der Waals surface area contributed by atoms with Crippen molar-refractivity contribution in [3.8, 4) is 0 Å². The maximum absolute atomic E-state index is 12.3. The minimum atomic E-state index is 0.00921. The number of halogens is 1. The van der Waals surface area contributed by atoms with Crippen molar-refractivity contribution in [2.24, 2.45) is 5.92 Å². The van der Waals surface area contributed by atoms with E-state index in [-0.39, 0.29) is 18.0 Å². The number of rotatable bonds is 5. The molecule has 0 saturated heterocycles. The van der Waals surface area contributed by atoms with Gasteiger partial charge in [0.1, 0.15) is 5.69 Å². The van der Waals surface area contributed by atoms with Gasteiger partial charge < -0.3 is 9.88 Å². The minimum absolute atomic E-state index is 0.00921. The van der Waals surface area contributed by atoms with Crippen LogP contribution < -0.4 is 5.32 Å². The molecule has 4 heteroatoms. The molecule has 0 spiro atoms. The van der Waals surface area contributed by atoms with Crippen LogP contribution in [0.15, 0.2) is 16.7 Å². The van der Waals surface area contributed by atoms with E-state index in [1.165, 1.54) is 0 Å². The molecule has 0 aromatic carbocycles. The van der Waals surface area contributed by atoms with Gasteiger partial charge in [-0.25, -0.2) is 0 Å². The number of nitrogens with one attached hydrogen (secondary N) is 1. The van der Waals surface area contributed by atoms with Crippen LogP contribution in [0.3, 0.4) is 0 Å². The summed E-state index contributed by atoms with van der Waals surface area (Å²) < 4.78 is 2.94. The maximum atomic E-state index is 12.3. The first kappa shape index (κ1) is 15.3. The Kier molecular flexibility index (Phi) is 5.45. The second kappa shape index (κ2) is 6.41. The van der Waals surface area contributed by atoms with Crippen LogP contribution in [0, 0.1) is 5.92 Å². The molecule has 1 aromatic rings. The second-order valence-electron chi connectivity index (χ2n) is 5.28. The van der Waals surface area contributed by atoms with Crippen LogP contribution in [0.1, 0.15) is 57.6 Å². The van der Waals surface area contributed by atoms with Gasteiger partial charge in [-0.2, -0.15) is 0 Å². The highest BCUT2D eigenvalue weighted by molar-refractivity contribution is 9.10. The molecule has 0 aliphatic carbocycles. The molecule has 102 valence electrons. The first-order valence-corrected chi connectivity index (χ1v) is 7.34. The lowest BCUT2D eigenvalue weighted by atomic mass is 10.0. The zero-order valence-corrected chi connectivity index (χ0v) is 13.4. The molecule has 0 fully saturated rings. The molecule has 1 rings (SSSR count). The summed E-state index contributed by atoms with van der Waals surface area (Å²) in [5.74, 6) is 0.458. The Labute approximate surface area is 118 Å². The number of amides is 1. The van der Waals surface area contributed by atoms with Crippen molar-refractivity contribution in [1.29, 1.82) is 0 Å². The molecule has 1 atom stereocenters. The Bertz CT molecular complexity index is 410. The molecule has 1 heterocycles. The van der Waals surface area contributed by atoms with Crippen molar-refractivity contribution in [2.75, 3.05) is 0 Å². The van der Waals surface area contributed by atoms with Gasteiger partial charge in [-0.15, -0.1) is 0 Å². The third-order valence-corrected chi connectivity index (χ3v) is 3.60. The van der Waals surface area contributed by atoms with Crippen LogP contribution >= 0.6 is 15.9 Å². The highest BCUT2D eigenvalue weighted by atomic mass is 79.9. The molecule has 0 saturated carbocycles. The summed E-state index contributed by atoms with van der Waals surface area (Å²) in [7, 11) is 0. The number of aromatic nitrogens is 1. The van der Waals surface area contributed by atoms with Gasteiger partial charge in [-0.3, -0.25) is 4.79 Å². The predicted octanol–water partition coefficient (Wildman–Crippen LogP) is 4.00. The van der Waals surface area contributed by atoms with E-state index in [1.54, 1.807) is 0 Å². The number of hydrogen-bond acceptors (Lipinski definition) is 1. The van der Waals surface area contributed by atoms with Crippen molar-refractivity contribution in [1.82, 2.24) is 9.88 Å². The lowest BCUT2D eigenvalue weighted by Gasteiger charge is -2.21. The monoisotopic (exact) mass is 314 g/mol. The van der Waals surface area contributed by atoms with Crippen molar-refractivity contribution in [3.63, 3.8) is 0 Å². The van der Waals surface area contributed by atoms with Crippen LogP contribution in [0.4, 0.5) is 0 Å². The fourth-order valence-corrected chi connectivity index (χ4v) is 2.47. The molecular weight excluding hydrogens is 292 g/mol. The lowest BCUT2D eigenvalue weighted by molar-refractivity contribution is 0.0913. The lowest BCUT2D eigenvalue weighted by Crippen LogP contribution is -2.39. The zero-order valence-electron chi connectivity index (χ0n) is 11.8. The summed E-state index contributed by atoms with van der Waals surface area (Å²) in [6.07, 6.45) is 2.91. The van der Waals surface area contributed by atoms with Gasteiger partial charge in [0.15, 0.2) is 0 Å². The summed E-state index contributed by atoms with van der Waals surface area (Å²) >= 11 is 3.43. The Hall–Kier alpha value is -0.770. The van der Waals surface area contributed by atoms with E-state index >= 15 is 0 Å². The van der Waals surface area contributed by atoms with E-state index in [9.17, 15) is 4.79 Å². The number of nitrogens with zero attached hydrogens (tertiary/aromatic N) is 1. The summed E-state index contributed by atoms with van der Waals surface area (Å²) in [4.78, 5) is 12.3. The Morgan fingerprint density at radius 1 is 1.39 bits per heavy atom. The van der Waals surface area contributed by atoms with Crippen LogP contribution in [-0.4, -0.2) is 16.5 Å².